The summed E-state index contributed by atoms with van der Waals surface area (Å²) in [5.41, 5.74) is 4.75. The fourth-order valence-corrected chi connectivity index (χ4v) is 5.95. The molecule has 0 unspecified atom stereocenters. The summed E-state index contributed by atoms with van der Waals surface area (Å²) in [7, 11) is 0. The maximum absolute atomic E-state index is 6.11. The standard InChI is InChI=1S/C20H19ClN4S2/c1-12-3-4-13(2)18-17(12)23-20(27-18)25-9-7-24(8-10-25)19-22-15-6-5-14(21)11-16(15)26-19/h3-6,11H,7-10H2,1-2H3. The van der Waals surface area contributed by atoms with Gasteiger partial charge in [0.1, 0.15) is 0 Å². The Morgan fingerprint density at radius 2 is 1.52 bits per heavy atom. The minimum absolute atomic E-state index is 0.768. The fourth-order valence-electron chi connectivity index (χ4n) is 3.49. The lowest BCUT2D eigenvalue weighted by Gasteiger charge is -2.34. The molecular formula is C20H19ClN4S2. The Labute approximate surface area is 171 Å². The van der Waals surface area contributed by atoms with E-state index in [2.05, 4.69) is 35.8 Å². The van der Waals surface area contributed by atoms with Crippen LogP contribution >= 0.6 is 34.3 Å². The lowest BCUT2D eigenvalue weighted by atomic mass is 10.1. The number of benzene rings is 2. The van der Waals surface area contributed by atoms with Crippen LogP contribution in [0.15, 0.2) is 30.3 Å². The van der Waals surface area contributed by atoms with Crippen molar-refractivity contribution >= 4 is 65.0 Å². The quantitative estimate of drug-likeness (QED) is 0.433. The van der Waals surface area contributed by atoms with E-state index < -0.39 is 0 Å². The molecule has 0 N–H and O–H groups in total. The molecule has 5 rings (SSSR count). The van der Waals surface area contributed by atoms with Gasteiger partial charge in [0.2, 0.25) is 0 Å². The van der Waals surface area contributed by atoms with Gasteiger partial charge in [0, 0.05) is 31.2 Å². The minimum atomic E-state index is 0.768. The average Bonchev–Trinajstić information content (AvgIpc) is 3.30. The summed E-state index contributed by atoms with van der Waals surface area (Å²) in [6, 6.07) is 10.3. The summed E-state index contributed by atoms with van der Waals surface area (Å²) in [5.74, 6) is 0. The zero-order valence-electron chi connectivity index (χ0n) is 15.2. The fraction of sp³-hybridized carbons (Fsp3) is 0.300. The molecule has 1 saturated heterocycles. The highest BCUT2D eigenvalue weighted by Crippen LogP contribution is 2.35. The van der Waals surface area contributed by atoms with Crippen LogP contribution in [-0.2, 0) is 0 Å². The molecule has 2 aromatic heterocycles. The Morgan fingerprint density at radius 1 is 0.852 bits per heavy atom. The van der Waals surface area contributed by atoms with E-state index in [-0.39, 0.29) is 0 Å². The van der Waals surface area contributed by atoms with Gasteiger partial charge in [-0.25, -0.2) is 9.97 Å². The lowest BCUT2D eigenvalue weighted by Crippen LogP contribution is -2.46. The Bertz CT molecular complexity index is 1100. The second-order valence-electron chi connectivity index (χ2n) is 6.96. The molecule has 0 amide bonds. The summed E-state index contributed by atoms with van der Waals surface area (Å²) in [6.07, 6.45) is 0. The van der Waals surface area contributed by atoms with Crippen LogP contribution in [0.1, 0.15) is 11.1 Å². The van der Waals surface area contributed by atoms with Gasteiger partial charge < -0.3 is 9.80 Å². The maximum atomic E-state index is 6.11. The van der Waals surface area contributed by atoms with E-state index in [1.54, 1.807) is 11.3 Å². The number of aromatic nitrogens is 2. The number of thiazole rings is 2. The molecule has 1 aliphatic heterocycles. The van der Waals surface area contributed by atoms with Crippen LogP contribution < -0.4 is 9.80 Å². The van der Waals surface area contributed by atoms with Crippen LogP contribution in [0.25, 0.3) is 20.4 Å². The van der Waals surface area contributed by atoms with Gasteiger partial charge in [-0.3, -0.25) is 0 Å². The van der Waals surface area contributed by atoms with Crippen molar-refractivity contribution in [3.63, 3.8) is 0 Å². The first-order valence-corrected chi connectivity index (χ1v) is 11.0. The van der Waals surface area contributed by atoms with Gasteiger partial charge in [-0.05, 0) is 43.2 Å². The van der Waals surface area contributed by atoms with Crippen molar-refractivity contribution in [1.82, 2.24) is 9.97 Å². The van der Waals surface area contributed by atoms with Crippen molar-refractivity contribution < 1.29 is 0 Å². The van der Waals surface area contributed by atoms with Gasteiger partial charge in [-0.2, -0.15) is 0 Å². The molecule has 4 nitrogen and oxygen atoms in total. The van der Waals surface area contributed by atoms with E-state index in [4.69, 9.17) is 21.6 Å². The smallest absolute Gasteiger partial charge is 0.186 e. The van der Waals surface area contributed by atoms with Gasteiger partial charge in [-0.15, -0.1) is 0 Å². The normalized spacial score (nSPS) is 15.2. The number of piperazine rings is 1. The first kappa shape index (κ1) is 17.2. The Hall–Kier alpha value is -1.89. The molecule has 1 fully saturated rings. The van der Waals surface area contributed by atoms with Crippen molar-refractivity contribution in [3.8, 4) is 0 Å². The van der Waals surface area contributed by atoms with Gasteiger partial charge in [0.25, 0.3) is 0 Å². The third-order valence-corrected chi connectivity index (χ3v) is 7.66. The lowest BCUT2D eigenvalue weighted by molar-refractivity contribution is 0.651. The Morgan fingerprint density at radius 3 is 2.22 bits per heavy atom. The Kier molecular flexibility index (Phi) is 4.22. The van der Waals surface area contributed by atoms with Crippen LogP contribution in [0.3, 0.4) is 0 Å². The van der Waals surface area contributed by atoms with Gasteiger partial charge in [0.15, 0.2) is 10.3 Å². The summed E-state index contributed by atoms with van der Waals surface area (Å²) in [6.45, 7) is 8.16. The molecule has 0 radical (unpaired) electrons. The molecule has 0 saturated carbocycles. The highest BCUT2D eigenvalue weighted by molar-refractivity contribution is 7.22. The first-order chi connectivity index (χ1) is 13.1. The molecule has 0 aliphatic carbocycles. The zero-order valence-corrected chi connectivity index (χ0v) is 17.6. The zero-order chi connectivity index (χ0) is 18.5. The number of anilines is 2. The number of hydrogen-bond acceptors (Lipinski definition) is 6. The van der Waals surface area contributed by atoms with E-state index >= 15 is 0 Å². The van der Waals surface area contributed by atoms with Crippen molar-refractivity contribution in [2.75, 3.05) is 36.0 Å². The van der Waals surface area contributed by atoms with E-state index in [1.165, 1.54) is 15.8 Å². The number of rotatable bonds is 2. The topological polar surface area (TPSA) is 32.3 Å². The summed E-state index contributed by atoms with van der Waals surface area (Å²) in [5, 5.41) is 2.99. The first-order valence-electron chi connectivity index (χ1n) is 9.01. The van der Waals surface area contributed by atoms with Gasteiger partial charge in [0.05, 0.1) is 20.4 Å². The van der Waals surface area contributed by atoms with E-state index in [9.17, 15) is 0 Å². The molecule has 2 aromatic carbocycles. The maximum Gasteiger partial charge on any atom is 0.186 e. The van der Waals surface area contributed by atoms with Gasteiger partial charge >= 0.3 is 0 Å². The van der Waals surface area contributed by atoms with Crippen molar-refractivity contribution in [1.29, 1.82) is 0 Å². The van der Waals surface area contributed by atoms with Crippen LogP contribution in [0, 0.1) is 13.8 Å². The summed E-state index contributed by atoms with van der Waals surface area (Å²) in [4.78, 5) is 14.5. The van der Waals surface area contributed by atoms with Crippen LogP contribution in [0.4, 0.5) is 10.3 Å². The monoisotopic (exact) mass is 414 g/mol. The molecule has 0 spiro atoms. The van der Waals surface area contributed by atoms with Crippen molar-refractivity contribution in [2.45, 2.75) is 13.8 Å². The predicted octanol–water partition coefficient (Wildman–Crippen LogP) is 5.50. The van der Waals surface area contributed by atoms with Crippen LogP contribution in [0.5, 0.6) is 0 Å². The van der Waals surface area contributed by atoms with E-state index in [1.807, 2.05) is 29.5 Å². The van der Waals surface area contributed by atoms with Crippen molar-refractivity contribution in [3.05, 3.63) is 46.5 Å². The molecular weight excluding hydrogens is 396 g/mol. The molecule has 0 atom stereocenters. The molecule has 138 valence electrons. The molecule has 0 bridgehead atoms. The second-order valence-corrected chi connectivity index (χ2v) is 9.38. The minimum Gasteiger partial charge on any atom is -0.345 e. The van der Waals surface area contributed by atoms with Crippen LogP contribution in [0.2, 0.25) is 5.02 Å². The predicted molar refractivity (Wildman–Crippen MR) is 118 cm³/mol. The third kappa shape index (κ3) is 3.06. The number of halogens is 1. The van der Waals surface area contributed by atoms with Crippen LogP contribution in [-0.4, -0.2) is 36.1 Å². The average molecular weight is 415 g/mol. The van der Waals surface area contributed by atoms with E-state index in [0.717, 1.165) is 57.2 Å². The summed E-state index contributed by atoms with van der Waals surface area (Å²) >= 11 is 9.65. The van der Waals surface area contributed by atoms with Gasteiger partial charge in [-0.1, -0.05) is 46.4 Å². The largest absolute Gasteiger partial charge is 0.345 e. The molecule has 27 heavy (non-hydrogen) atoms. The molecule has 4 aromatic rings. The number of nitrogens with zero attached hydrogens (tertiary/aromatic N) is 4. The summed E-state index contributed by atoms with van der Waals surface area (Å²) < 4.78 is 2.47. The number of aryl methyl sites for hydroxylation is 2. The highest BCUT2D eigenvalue weighted by Gasteiger charge is 2.22. The second kappa shape index (κ2) is 6.62. The van der Waals surface area contributed by atoms with Crippen molar-refractivity contribution in [2.24, 2.45) is 0 Å². The SMILES string of the molecule is Cc1ccc(C)c2sc(N3CCN(c4nc5ccc(Cl)cc5s4)CC3)nc12. The third-order valence-electron chi connectivity index (χ3n) is 5.09. The molecule has 3 heterocycles. The van der Waals surface area contributed by atoms with E-state index in [0.29, 0.717) is 0 Å². The Balaban J connectivity index is 1.36. The highest BCUT2D eigenvalue weighted by atomic mass is 35.5. The molecule has 7 heteroatoms. The number of fused-ring (bicyclic) bond motifs is 2. The molecule has 1 aliphatic rings. The number of hydrogen-bond donors (Lipinski definition) is 0.